The number of benzene rings is 1. The van der Waals surface area contributed by atoms with Gasteiger partial charge in [0.05, 0.1) is 12.2 Å². The van der Waals surface area contributed by atoms with Crippen molar-refractivity contribution >= 4 is 11.9 Å². The molecule has 1 aromatic carbocycles. The molecule has 1 atom stereocenters. The Hall–Kier alpha value is -2.14. The molecule has 5 heteroatoms. The number of epoxide rings is 1. The highest BCUT2D eigenvalue weighted by molar-refractivity contribution is 5.87. The van der Waals surface area contributed by atoms with Crippen LogP contribution in [0.15, 0.2) is 42.5 Å². The summed E-state index contributed by atoms with van der Waals surface area (Å²) in [6.45, 7) is 6.14. The summed E-state index contributed by atoms with van der Waals surface area (Å²) in [7, 11) is 0. The number of aromatic carboxylic acids is 1. The first-order valence-electron chi connectivity index (χ1n) is 5.73. The molecule has 0 spiro atoms. The molecule has 1 heterocycles. The molecule has 0 aliphatic carbocycles. The molecule has 102 valence electrons. The van der Waals surface area contributed by atoms with Crippen molar-refractivity contribution in [2.24, 2.45) is 0 Å². The van der Waals surface area contributed by atoms with Crippen LogP contribution >= 0.6 is 0 Å². The molecule has 5 nitrogen and oxygen atoms in total. The topological polar surface area (TPSA) is 76.1 Å². The van der Waals surface area contributed by atoms with Gasteiger partial charge in [-0.2, -0.15) is 0 Å². The van der Waals surface area contributed by atoms with Gasteiger partial charge < -0.3 is 14.6 Å². The van der Waals surface area contributed by atoms with Crippen LogP contribution in [0.2, 0.25) is 0 Å². The summed E-state index contributed by atoms with van der Waals surface area (Å²) in [5, 5.41) is 8.38. The number of esters is 1. The number of carboxylic acid groups (broad SMARTS) is 1. The Morgan fingerprint density at radius 3 is 2.37 bits per heavy atom. The molecule has 1 aliphatic heterocycles. The summed E-state index contributed by atoms with van der Waals surface area (Å²) in [6.07, 6.45) is 0.142. The van der Waals surface area contributed by atoms with Crippen molar-refractivity contribution in [2.45, 2.75) is 13.0 Å². The van der Waals surface area contributed by atoms with Gasteiger partial charge in [-0.15, -0.1) is 0 Å². The average molecular weight is 264 g/mol. The normalized spacial score (nSPS) is 15.7. The summed E-state index contributed by atoms with van der Waals surface area (Å²) < 4.78 is 9.60. The summed E-state index contributed by atoms with van der Waals surface area (Å²) in [6, 6.07) is 8.30. The Morgan fingerprint density at radius 1 is 1.42 bits per heavy atom. The molecule has 1 fully saturated rings. The quantitative estimate of drug-likeness (QED) is 0.510. The highest BCUT2D eigenvalue weighted by Gasteiger charge is 2.24. The van der Waals surface area contributed by atoms with Crippen molar-refractivity contribution in [2.75, 3.05) is 13.2 Å². The minimum absolute atomic E-state index is 0.142. The first-order valence-corrected chi connectivity index (χ1v) is 5.73. The molecule has 0 amide bonds. The van der Waals surface area contributed by atoms with E-state index in [0.717, 1.165) is 0 Å². The van der Waals surface area contributed by atoms with Gasteiger partial charge in [-0.05, 0) is 19.1 Å². The lowest BCUT2D eigenvalue weighted by atomic mass is 10.2. The van der Waals surface area contributed by atoms with Gasteiger partial charge in [-0.3, -0.25) is 0 Å². The number of carbonyl (C=O) groups is 2. The zero-order valence-electron chi connectivity index (χ0n) is 10.7. The van der Waals surface area contributed by atoms with Gasteiger partial charge in [0.15, 0.2) is 0 Å². The maximum Gasteiger partial charge on any atom is 0.335 e. The predicted molar refractivity (Wildman–Crippen MR) is 68.9 cm³/mol. The monoisotopic (exact) mass is 264 g/mol. The van der Waals surface area contributed by atoms with E-state index in [2.05, 4.69) is 6.58 Å². The van der Waals surface area contributed by atoms with E-state index in [4.69, 9.17) is 14.6 Å². The van der Waals surface area contributed by atoms with E-state index in [-0.39, 0.29) is 12.1 Å². The largest absolute Gasteiger partial charge is 0.478 e. The first-order chi connectivity index (χ1) is 9.00. The maximum atomic E-state index is 10.7. The smallest absolute Gasteiger partial charge is 0.335 e. The molecule has 0 bridgehead atoms. The van der Waals surface area contributed by atoms with Crippen molar-refractivity contribution in [1.82, 2.24) is 0 Å². The summed E-state index contributed by atoms with van der Waals surface area (Å²) in [5.74, 6) is -1.22. The summed E-state index contributed by atoms with van der Waals surface area (Å²) in [5.41, 5.74) is 0.762. The van der Waals surface area contributed by atoms with Gasteiger partial charge in [0.1, 0.15) is 12.7 Å². The zero-order chi connectivity index (χ0) is 14.3. The van der Waals surface area contributed by atoms with Crippen LogP contribution in [0.3, 0.4) is 0 Å². The van der Waals surface area contributed by atoms with Crippen LogP contribution in [0.25, 0.3) is 0 Å². The molecule has 1 unspecified atom stereocenters. The third-order valence-corrected chi connectivity index (χ3v) is 2.17. The molecular weight excluding hydrogens is 248 g/mol. The van der Waals surface area contributed by atoms with Crippen LogP contribution in [-0.2, 0) is 14.3 Å². The number of hydrogen-bond acceptors (Lipinski definition) is 4. The summed E-state index contributed by atoms with van der Waals surface area (Å²) in [4.78, 5) is 20.9. The minimum atomic E-state index is -0.879. The molecule has 1 N–H and O–H groups in total. The van der Waals surface area contributed by atoms with Gasteiger partial charge in [0.25, 0.3) is 0 Å². The van der Waals surface area contributed by atoms with E-state index in [0.29, 0.717) is 24.4 Å². The van der Waals surface area contributed by atoms with E-state index in [1.54, 1.807) is 37.3 Å². The fourth-order valence-electron chi connectivity index (χ4n) is 1.04. The summed E-state index contributed by atoms with van der Waals surface area (Å²) >= 11 is 0. The van der Waals surface area contributed by atoms with Crippen LogP contribution in [-0.4, -0.2) is 36.4 Å². The number of carboxylic acids is 1. The van der Waals surface area contributed by atoms with Crippen molar-refractivity contribution in [1.29, 1.82) is 0 Å². The van der Waals surface area contributed by atoms with Crippen molar-refractivity contribution in [3.63, 3.8) is 0 Å². The molecule has 2 rings (SSSR count). The number of carbonyl (C=O) groups excluding carboxylic acids is 1. The molecule has 1 aromatic rings. The van der Waals surface area contributed by atoms with E-state index < -0.39 is 5.97 Å². The van der Waals surface area contributed by atoms with Gasteiger partial charge in [0.2, 0.25) is 0 Å². The second kappa shape index (κ2) is 7.33. The van der Waals surface area contributed by atoms with Gasteiger partial charge in [-0.1, -0.05) is 24.8 Å². The fourth-order valence-corrected chi connectivity index (χ4v) is 1.04. The van der Waals surface area contributed by atoms with Crippen LogP contribution < -0.4 is 0 Å². The van der Waals surface area contributed by atoms with Crippen molar-refractivity contribution in [3.8, 4) is 0 Å². The Bertz CT molecular complexity index is 448. The highest BCUT2D eigenvalue weighted by Crippen LogP contribution is 2.09. The van der Waals surface area contributed by atoms with Gasteiger partial charge in [-0.25, -0.2) is 9.59 Å². The number of rotatable bonds is 4. The molecule has 0 aromatic heterocycles. The van der Waals surface area contributed by atoms with Crippen LogP contribution in [0.5, 0.6) is 0 Å². The molecule has 0 saturated carbocycles. The lowest BCUT2D eigenvalue weighted by Crippen LogP contribution is -2.09. The number of ether oxygens (including phenoxy) is 2. The SMILES string of the molecule is C=C(C)C(=O)OCC1CO1.O=C(O)c1ccccc1. The molecular formula is C14H16O5. The predicted octanol–water partition coefficient (Wildman–Crippen LogP) is 1.89. The van der Waals surface area contributed by atoms with E-state index in [1.165, 1.54) is 0 Å². The second-order valence-corrected chi connectivity index (χ2v) is 4.01. The lowest BCUT2D eigenvalue weighted by Gasteiger charge is -1.99. The third kappa shape index (κ3) is 6.38. The number of hydrogen-bond donors (Lipinski definition) is 1. The standard InChI is InChI=1S/C7H10O3.C7H6O2/c1-5(2)7(8)10-4-6-3-9-6;8-7(9)6-4-2-1-3-5-6/h6H,1,3-4H2,2H3;1-5H,(H,8,9). The maximum absolute atomic E-state index is 10.7. The molecule has 0 radical (unpaired) electrons. The second-order valence-electron chi connectivity index (χ2n) is 4.01. The fraction of sp³-hybridized carbons (Fsp3) is 0.286. The van der Waals surface area contributed by atoms with Gasteiger partial charge >= 0.3 is 11.9 Å². The molecule has 1 aliphatic rings. The third-order valence-electron chi connectivity index (χ3n) is 2.17. The van der Waals surface area contributed by atoms with E-state index in [9.17, 15) is 9.59 Å². The van der Waals surface area contributed by atoms with E-state index in [1.807, 2.05) is 0 Å². The highest BCUT2D eigenvalue weighted by atomic mass is 16.6. The van der Waals surface area contributed by atoms with E-state index >= 15 is 0 Å². The lowest BCUT2D eigenvalue weighted by molar-refractivity contribution is -0.139. The zero-order valence-corrected chi connectivity index (χ0v) is 10.7. The Balaban J connectivity index is 0.000000191. The van der Waals surface area contributed by atoms with Crippen molar-refractivity contribution < 1.29 is 24.2 Å². The van der Waals surface area contributed by atoms with Crippen LogP contribution in [0, 0.1) is 0 Å². The first kappa shape index (κ1) is 14.9. The molecule has 1 saturated heterocycles. The van der Waals surface area contributed by atoms with Crippen molar-refractivity contribution in [3.05, 3.63) is 48.0 Å². The van der Waals surface area contributed by atoms with Crippen LogP contribution in [0.1, 0.15) is 17.3 Å². The van der Waals surface area contributed by atoms with Crippen LogP contribution in [0.4, 0.5) is 0 Å². The molecule has 19 heavy (non-hydrogen) atoms. The van der Waals surface area contributed by atoms with Gasteiger partial charge in [0, 0.05) is 5.57 Å². The Kier molecular flexibility index (Phi) is 5.75. The minimum Gasteiger partial charge on any atom is -0.478 e. The average Bonchev–Trinajstić information content (AvgIpc) is 3.21. The Labute approximate surface area is 111 Å². The Morgan fingerprint density at radius 2 is 2.00 bits per heavy atom.